The third-order valence-electron chi connectivity index (χ3n) is 3.85. The number of hydrogen-bond donors (Lipinski definition) is 1. The topological polar surface area (TPSA) is 61.2 Å². The number of anilines is 1. The summed E-state index contributed by atoms with van der Waals surface area (Å²) in [5.74, 6) is -0.352. The van der Waals surface area contributed by atoms with Gasteiger partial charge in [0.15, 0.2) is 5.58 Å². The Morgan fingerprint density at radius 1 is 1.10 bits per heavy atom. The van der Waals surface area contributed by atoms with E-state index < -0.39 is 0 Å². The molecule has 3 aromatic rings. The van der Waals surface area contributed by atoms with E-state index in [1.807, 2.05) is 6.07 Å². The molecule has 1 aromatic heterocycles. The Balaban J connectivity index is 2.15. The number of oxazole rings is 1. The van der Waals surface area contributed by atoms with Crippen molar-refractivity contribution in [1.82, 2.24) is 4.57 Å². The number of fused-ring (bicyclic) bond motifs is 1. The molecule has 0 bridgehead atoms. The molecule has 108 valence electrons. The molecule has 0 saturated heterocycles. The lowest BCUT2D eigenvalue weighted by Gasteiger charge is -2.11. The number of benzene rings is 2. The lowest BCUT2D eigenvalue weighted by atomic mass is 10.00. The molecule has 4 heteroatoms. The maximum absolute atomic E-state index is 12.1. The average molecular weight is 282 g/mol. The van der Waals surface area contributed by atoms with E-state index in [9.17, 15) is 4.79 Å². The molecule has 0 aliphatic heterocycles. The Hall–Kier alpha value is -2.49. The smallest absolute Gasteiger partial charge is 0.408 e. The van der Waals surface area contributed by atoms with Crippen LogP contribution in [0.25, 0.3) is 11.1 Å². The van der Waals surface area contributed by atoms with Crippen LogP contribution in [0.2, 0.25) is 0 Å². The Kier molecular flexibility index (Phi) is 3.09. The number of nitrogen functional groups attached to an aromatic ring is 1. The van der Waals surface area contributed by atoms with Crippen LogP contribution in [-0.4, -0.2) is 4.57 Å². The summed E-state index contributed by atoms with van der Waals surface area (Å²) in [5.41, 5.74) is 12.4. The zero-order valence-corrected chi connectivity index (χ0v) is 12.4. The van der Waals surface area contributed by atoms with Crippen LogP contribution in [0.5, 0.6) is 0 Å². The summed E-state index contributed by atoms with van der Waals surface area (Å²) in [7, 11) is 0. The second kappa shape index (κ2) is 4.81. The molecule has 0 aliphatic carbocycles. The molecule has 0 radical (unpaired) electrons. The highest BCUT2D eigenvalue weighted by atomic mass is 16.4. The number of nitrogens with two attached hydrogens (primary N) is 1. The minimum absolute atomic E-state index is 0.352. The minimum atomic E-state index is -0.352. The van der Waals surface area contributed by atoms with E-state index in [1.54, 1.807) is 16.7 Å². The first-order valence-electron chi connectivity index (χ1n) is 6.91. The van der Waals surface area contributed by atoms with Crippen molar-refractivity contribution in [3.63, 3.8) is 0 Å². The second-order valence-electron chi connectivity index (χ2n) is 5.56. The largest absolute Gasteiger partial charge is 0.420 e. The Bertz CT molecular complexity index is 864. The van der Waals surface area contributed by atoms with Gasteiger partial charge < -0.3 is 10.2 Å². The lowest BCUT2D eigenvalue weighted by molar-refractivity contribution is 0.517. The van der Waals surface area contributed by atoms with Gasteiger partial charge in [-0.2, -0.15) is 0 Å². The van der Waals surface area contributed by atoms with Crippen molar-refractivity contribution in [3.8, 4) is 0 Å². The van der Waals surface area contributed by atoms with Gasteiger partial charge in [-0.15, -0.1) is 0 Å². The van der Waals surface area contributed by atoms with E-state index >= 15 is 0 Å². The van der Waals surface area contributed by atoms with E-state index in [0.717, 1.165) is 11.1 Å². The number of aryl methyl sites for hydroxylation is 3. The summed E-state index contributed by atoms with van der Waals surface area (Å²) in [6, 6.07) is 9.56. The molecular weight excluding hydrogens is 264 g/mol. The molecule has 2 N–H and O–H groups in total. The first-order chi connectivity index (χ1) is 9.95. The maximum Gasteiger partial charge on any atom is 0.420 e. The minimum Gasteiger partial charge on any atom is -0.408 e. The van der Waals surface area contributed by atoms with Crippen LogP contribution in [0.1, 0.15) is 22.3 Å². The van der Waals surface area contributed by atoms with Crippen LogP contribution in [0.15, 0.2) is 39.5 Å². The van der Waals surface area contributed by atoms with Crippen LogP contribution >= 0.6 is 0 Å². The second-order valence-corrected chi connectivity index (χ2v) is 5.56. The first-order valence-corrected chi connectivity index (χ1v) is 6.91. The number of hydrogen-bond acceptors (Lipinski definition) is 3. The van der Waals surface area contributed by atoms with Gasteiger partial charge in [0.25, 0.3) is 0 Å². The van der Waals surface area contributed by atoms with Gasteiger partial charge in [0.1, 0.15) is 0 Å². The monoisotopic (exact) mass is 282 g/mol. The molecule has 0 saturated carbocycles. The summed E-state index contributed by atoms with van der Waals surface area (Å²) in [6.45, 7) is 6.72. The van der Waals surface area contributed by atoms with Gasteiger partial charge in [-0.05, 0) is 49.6 Å². The highest BCUT2D eigenvalue weighted by Gasteiger charge is 2.12. The molecule has 0 amide bonds. The molecule has 0 unspecified atom stereocenters. The zero-order valence-electron chi connectivity index (χ0n) is 12.4. The van der Waals surface area contributed by atoms with E-state index in [2.05, 4.69) is 32.9 Å². The highest BCUT2D eigenvalue weighted by molar-refractivity contribution is 5.77. The summed E-state index contributed by atoms with van der Waals surface area (Å²) in [4.78, 5) is 12.1. The van der Waals surface area contributed by atoms with Gasteiger partial charge in [0, 0.05) is 11.8 Å². The molecule has 0 aliphatic rings. The van der Waals surface area contributed by atoms with E-state index in [4.69, 9.17) is 10.2 Å². The van der Waals surface area contributed by atoms with Gasteiger partial charge in [0.2, 0.25) is 0 Å². The molecule has 1 heterocycles. The standard InChI is InChI=1S/C17H18N2O2/c1-10-6-11(2)14(12(3)7-10)9-19-15-5-4-13(18)8-16(15)21-17(19)20/h4-8H,9,18H2,1-3H3. The molecule has 4 nitrogen and oxygen atoms in total. The fourth-order valence-corrected chi connectivity index (χ4v) is 2.85. The lowest BCUT2D eigenvalue weighted by Crippen LogP contribution is -2.16. The fourth-order valence-electron chi connectivity index (χ4n) is 2.85. The van der Waals surface area contributed by atoms with Crippen molar-refractivity contribution in [3.05, 3.63) is 63.1 Å². The van der Waals surface area contributed by atoms with Crippen LogP contribution in [0.3, 0.4) is 0 Å². The van der Waals surface area contributed by atoms with Crippen molar-refractivity contribution in [2.45, 2.75) is 27.3 Å². The predicted octanol–water partition coefficient (Wildman–Crippen LogP) is 3.15. The van der Waals surface area contributed by atoms with Crippen molar-refractivity contribution in [1.29, 1.82) is 0 Å². The summed E-state index contributed by atoms with van der Waals surface area (Å²) in [5, 5.41) is 0. The van der Waals surface area contributed by atoms with Gasteiger partial charge in [-0.3, -0.25) is 4.57 Å². The predicted molar refractivity (Wildman–Crippen MR) is 84.6 cm³/mol. The normalized spacial score (nSPS) is 11.2. The molecule has 0 fully saturated rings. The first kappa shape index (κ1) is 13.5. The van der Waals surface area contributed by atoms with Gasteiger partial charge in [0.05, 0.1) is 12.1 Å². The van der Waals surface area contributed by atoms with Crippen molar-refractivity contribution < 1.29 is 4.42 Å². The Morgan fingerprint density at radius 3 is 2.43 bits per heavy atom. The molecular formula is C17H18N2O2. The maximum atomic E-state index is 12.1. The third-order valence-corrected chi connectivity index (χ3v) is 3.85. The van der Waals surface area contributed by atoms with Gasteiger partial charge >= 0.3 is 5.76 Å². The van der Waals surface area contributed by atoms with Gasteiger partial charge in [-0.1, -0.05) is 17.7 Å². The van der Waals surface area contributed by atoms with Crippen molar-refractivity contribution >= 4 is 16.8 Å². The van der Waals surface area contributed by atoms with Crippen LogP contribution in [0.4, 0.5) is 5.69 Å². The zero-order chi connectivity index (χ0) is 15.1. The number of nitrogens with zero attached hydrogens (tertiary/aromatic N) is 1. The molecule has 21 heavy (non-hydrogen) atoms. The molecule has 3 rings (SSSR count). The van der Waals surface area contributed by atoms with E-state index in [-0.39, 0.29) is 5.76 Å². The quantitative estimate of drug-likeness (QED) is 0.734. The highest BCUT2D eigenvalue weighted by Crippen LogP contribution is 2.21. The fraction of sp³-hybridized carbons (Fsp3) is 0.235. The van der Waals surface area contributed by atoms with E-state index in [1.165, 1.54) is 16.7 Å². The van der Waals surface area contributed by atoms with E-state index in [0.29, 0.717) is 17.8 Å². The van der Waals surface area contributed by atoms with Crippen molar-refractivity contribution in [2.24, 2.45) is 0 Å². The third kappa shape index (κ3) is 2.33. The average Bonchev–Trinajstić information content (AvgIpc) is 2.68. The Labute approximate surface area is 122 Å². The van der Waals surface area contributed by atoms with Crippen LogP contribution in [0, 0.1) is 20.8 Å². The number of rotatable bonds is 2. The molecule has 0 spiro atoms. The molecule has 2 aromatic carbocycles. The SMILES string of the molecule is Cc1cc(C)c(Cn2c(=O)oc3cc(N)ccc32)c(C)c1. The van der Waals surface area contributed by atoms with Crippen molar-refractivity contribution in [2.75, 3.05) is 5.73 Å². The Morgan fingerprint density at radius 2 is 1.76 bits per heavy atom. The number of aromatic nitrogens is 1. The summed E-state index contributed by atoms with van der Waals surface area (Å²) in [6.07, 6.45) is 0. The summed E-state index contributed by atoms with van der Waals surface area (Å²) < 4.78 is 6.94. The van der Waals surface area contributed by atoms with Gasteiger partial charge in [-0.25, -0.2) is 4.79 Å². The van der Waals surface area contributed by atoms with Crippen LogP contribution < -0.4 is 11.5 Å². The van der Waals surface area contributed by atoms with Crippen LogP contribution in [-0.2, 0) is 6.54 Å². The molecule has 0 atom stereocenters. The summed E-state index contributed by atoms with van der Waals surface area (Å²) >= 11 is 0.